The van der Waals surface area contributed by atoms with Crippen molar-refractivity contribution in [3.63, 3.8) is 0 Å². The maximum absolute atomic E-state index is 15.1. The second-order valence-electron chi connectivity index (χ2n) is 35.8. The van der Waals surface area contributed by atoms with Crippen LogP contribution in [0.1, 0.15) is 205 Å². The summed E-state index contributed by atoms with van der Waals surface area (Å²) in [7, 11) is 0. The molecule has 0 radical (unpaired) electrons. The number of benzene rings is 4. The van der Waals surface area contributed by atoms with Crippen molar-refractivity contribution in [2.75, 3.05) is 47.7 Å². The van der Waals surface area contributed by atoms with Crippen molar-refractivity contribution in [3.05, 3.63) is 142 Å². The number of hydrogen-bond donors (Lipinski definition) is 6. The Morgan fingerprint density at radius 3 is 0.786 bits per heavy atom. The van der Waals surface area contributed by atoms with Crippen LogP contribution in [0.15, 0.2) is 97.1 Å². The Kier molecular flexibility index (Phi) is 20.6. The van der Waals surface area contributed by atoms with E-state index in [0.717, 1.165) is 33.4 Å². The molecule has 17 rings (SSSR count). The van der Waals surface area contributed by atoms with Gasteiger partial charge >= 0.3 is 23.9 Å². The molecule has 7 aromatic rings. The first-order valence-corrected chi connectivity index (χ1v) is 40.0. The number of amides is 4. The van der Waals surface area contributed by atoms with E-state index in [9.17, 15) is 19.2 Å². The van der Waals surface area contributed by atoms with Gasteiger partial charge in [-0.1, -0.05) is 132 Å². The maximum atomic E-state index is 15.1. The molecule has 0 spiro atoms. The minimum Gasteiger partial charge on any atom is -0.465 e. The first-order chi connectivity index (χ1) is 53.3. The second kappa shape index (κ2) is 30.1. The lowest BCUT2D eigenvalue weighted by Gasteiger charge is -2.26. The van der Waals surface area contributed by atoms with Crippen molar-refractivity contribution in [2.24, 2.45) is 47.3 Å². The molecule has 3 aromatic heterocycles. The molecule has 10 aliphatic rings. The third-order valence-corrected chi connectivity index (χ3v) is 23.1. The number of nitrogens with zero attached hydrogens (tertiary/aromatic N) is 2. The van der Waals surface area contributed by atoms with E-state index in [1.807, 2.05) is 48.6 Å². The zero-order chi connectivity index (χ0) is 79.0. The van der Waals surface area contributed by atoms with Gasteiger partial charge in [-0.05, 0) is 205 Å². The molecule has 20 heteroatoms. The van der Waals surface area contributed by atoms with E-state index >= 15 is 19.2 Å². The first-order valence-electron chi connectivity index (χ1n) is 40.0. The lowest BCUT2D eigenvalue weighted by Crippen LogP contribution is -2.21. The van der Waals surface area contributed by atoms with E-state index in [1.54, 1.807) is 36.4 Å². The molecular weight excluding hydrogens is 1410 g/mol. The monoisotopic (exact) mass is 1510 g/mol. The number of anilines is 4. The Balaban J connectivity index is 1.07. The topological polar surface area (TPSA) is 279 Å². The lowest BCUT2D eigenvalue weighted by atomic mass is 9.78. The van der Waals surface area contributed by atoms with Gasteiger partial charge in [0.15, 0.2) is 0 Å². The van der Waals surface area contributed by atoms with E-state index in [1.165, 1.54) is 0 Å². The Morgan fingerprint density at radius 2 is 0.536 bits per heavy atom. The fourth-order valence-electron chi connectivity index (χ4n) is 15.8. The molecule has 20 nitrogen and oxygen atoms in total. The number of aromatic nitrogens is 4. The number of ether oxygens (including phenoxy) is 4. The molecular formula is C92H102N8O12. The molecule has 4 aromatic carbocycles. The number of carbonyl (C=O) groups is 8. The molecule has 6 aliphatic heterocycles. The Labute approximate surface area is 653 Å². The van der Waals surface area contributed by atoms with Crippen molar-refractivity contribution in [2.45, 2.75) is 182 Å². The van der Waals surface area contributed by atoms with Gasteiger partial charge in [-0.25, -0.2) is 9.97 Å². The fourth-order valence-corrected chi connectivity index (χ4v) is 15.8. The summed E-state index contributed by atoms with van der Waals surface area (Å²) in [4.78, 5) is 135. The predicted molar refractivity (Wildman–Crippen MR) is 437 cm³/mol. The molecule has 6 N–H and O–H groups in total. The smallest absolute Gasteiger partial charge is 0.309 e. The van der Waals surface area contributed by atoms with Gasteiger partial charge in [0.1, 0.15) is 0 Å². The van der Waals surface area contributed by atoms with Crippen LogP contribution < -0.4 is 21.3 Å². The van der Waals surface area contributed by atoms with E-state index in [-0.39, 0.29) is 73.8 Å². The van der Waals surface area contributed by atoms with Crippen LogP contribution in [0.5, 0.6) is 0 Å². The fraction of sp³-hybridized carbons (Fsp3) is 0.435. The van der Waals surface area contributed by atoms with Crippen molar-refractivity contribution >= 4 is 117 Å². The number of H-pyrrole nitrogens is 2. The van der Waals surface area contributed by atoms with Crippen molar-refractivity contribution < 1.29 is 57.3 Å². The minimum absolute atomic E-state index is 0.137. The Hall–Kier alpha value is -10.8. The highest BCUT2D eigenvalue weighted by molar-refractivity contribution is 6.13. The van der Waals surface area contributed by atoms with Crippen LogP contribution in [0.2, 0.25) is 0 Å². The highest BCUT2D eigenvalue weighted by Crippen LogP contribution is 2.51. The molecule has 582 valence electrons. The van der Waals surface area contributed by atoms with Crippen molar-refractivity contribution in [1.29, 1.82) is 0 Å². The molecule has 4 fully saturated rings. The maximum Gasteiger partial charge on any atom is 0.309 e. The van der Waals surface area contributed by atoms with Crippen LogP contribution in [-0.4, -0.2) is 93.9 Å². The van der Waals surface area contributed by atoms with Crippen LogP contribution in [0.3, 0.4) is 0 Å². The van der Waals surface area contributed by atoms with E-state index in [2.05, 4.69) is 151 Å². The summed E-state index contributed by atoms with van der Waals surface area (Å²) in [6.45, 7) is 26.8. The number of nitrogens with one attached hydrogen (secondary N) is 6. The average Bonchev–Trinajstić information content (AvgIpc) is 1.47. The second-order valence-corrected chi connectivity index (χ2v) is 35.8. The summed E-state index contributed by atoms with van der Waals surface area (Å²) in [5.41, 5.74) is 13.2. The van der Waals surface area contributed by atoms with Crippen LogP contribution in [0.4, 0.5) is 22.7 Å². The molecule has 0 saturated heterocycles. The van der Waals surface area contributed by atoms with Crippen LogP contribution >= 0.6 is 0 Å². The molecule has 4 saturated carbocycles. The highest BCUT2D eigenvalue weighted by atomic mass is 16.5. The van der Waals surface area contributed by atoms with E-state index in [0.29, 0.717) is 152 Å². The van der Waals surface area contributed by atoms with Crippen LogP contribution in [-0.2, 0) is 79.0 Å². The number of aromatic amines is 2. The van der Waals surface area contributed by atoms with E-state index in [4.69, 9.17) is 28.9 Å². The molecule has 2 unspecified atom stereocenters. The van der Waals surface area contributed by atoms with Crippen LogP contribution in [0.25, 0.3) is 90.9 Å². The number of hydrogen-bond acceptors (Lipinski definition) is 14. The Bertz CT molecular complexity index is 4750. The molecule has 12 bridgehead atoms. The number of esters is 4. The van der Waals surface area contributed by atoms with Gasteiger partial charge in [0.05, 0.1) is 119 Å². The summed E-state index contributed by atoms with van der Waals surface area (Å²) in [5, 5.41) is 13.1. The molecule has 4 aliphatic carbocycles. The van der Waals surface area contributed by atoms with Gasteiger partial charge in [-0.2, -0.15) is 0 Å². The van der Waals surface area contributed by atoms with Crippen molar-refractivity contribution in [1.82, 2.24) is 19.9 Å². The molecule has 9 heterocycles. The Morgan fingerprint density at radius 1 is 0.295 bits per heavy atom. The van der Waals surface area contributed by atoms with Crippen LogP contribution in [0, 0.1) is 47.3 Å². The van der Waals surface area contributed by atoms with Gasteiger partial charge < -0.3 is 50.2 Å². The zero-order valence-corrected chi connectivity index (χ0v) is 66.3. The van der Waals surface area contributed by atoms with E-state index < -0.39 is 94.8 Å². The first kappa shape index (κ1) is 76.6. The largest absolute Gasteiger partial charge is 0.465 e. The SMILES string of the molecule is CC(C)(C)c1cc(-c2c3nc(c4c5ccc([nH]5)c(-c5cc(C(C)(C)C)cc(C(C)(C)C)c5)c5nc(c(c6ccc2[nH]6)-c2c6cccc2NC(=O)[C@H]2C[C@@H]2C(=O)OCCCCCCOC(=O)[C@@H]2CC2C(=O)Nc2cccc(c2-4)NC(=O)[C@H]2C[C@@H]2C(=O)OCCCCCCOC(=O)[C@H]2CC2C(=O)N6)C=C5)C=C3)cc(C(C)(C)C)c1. The zero-order valence-electron chi connectivity index (χ0n) is 66.3. The molecule has 8 atom stereocenters. The van der Waals surface area contributed by atoms with Gasteiger partial charge in [0, 0.05) is 55.4 Å². The predicted octanol–water partition coefficient (Wildman–Crippen LogP) is 18.1. The summed E-state index contributed by atoms with van der Waals surface area (Å²) in [5.74, 6) is -9.34. The molecule has 4 amide bonds. The average molecular weight is 1510 g/mol. The standard InChI is InChI=1S/C92H102N8O12/c1-89(2,3)51-39-49(40-52(43-51)90(4,5)6)75-67-27-31-71(93-67)79-73-33-29-69(95-73)76(50-41-53(91(7,8)9)44-54(42-50)92(10,11)12)70-30-34-74(96-70)80(72-32-28-68(75)94-72)78-64-24-22-26-66(78)100-84(104)58-48-62(58)88(108)112-38-20-16-15-19-37-111-87(107)61-47-57(61)83(103)99-65-25-21-23-63(77(65)79)97-81(101)55-45-59(55)85(105)109-35-17-13-14-18-36-110-86(106)60-46-56(60)82(102)98-64/h21-34,39-44,55-62,93,96H,13-20,35-38,45-48H2,1-12H3,(H,97,101)(H,98,102)(H,99,103)(H,100,104)/t55-,56?,57?,58-,59-,60-,61+,62-/m0/s1. The van der Waals surface area contributed by atoms with Gasteiger partial charge in [0.25, 0.3) is 0 Å². The third kappa shape index (κ3) is 16.2. The highest BCUT2D eigenvalue weighted by Gasteiger charge is 2.53. The lowest BCUT2D eigenvalue weighted by molar-refractivity contribution is -0.147. The van der Waals surface area contributed by atoms with Gasteiger partial charge in [-0.3, -0.25) is 38.4 Å². The molecule has 112 heavy (non-hydrogen) atoms. The normalized spacial score (nSPS) is 22.9. The third-order valence-electron chi connectivity index (χ3n) is 23.1. The minimum atomic E-state index is -0.737. The quantitative estimate of drug-likeness (QED) is 0.0694. The number of carbonyl (C=O) groups excluding carboxylic acids is 8. The summed E-state index contributed by atoms with van der Waals surface area (Å²) in [6.07, 6.45) is 13.8. The summed E-state index contributed by atoms with van der Waals surface area (Å²) >= 11 is 0. The van der Waals surface area contributed by atoms with Gasteiger partial charge in [0.2, 0.25) is 23.6 Å². The van der Waals surface area contributed by atoms with Gasteiger partial charge in [-0.15, -0.1) is 0 Å². The summed E-state index contributed by atoms with van der Waals surface area (Å²) < 4.78 is 23.3. The summed E-state index contributed by atoms with van der Waals surface area (Å²) in [6, 6.07) is 31.9. The number of fused-ring (bicyclic) bond motifs is 22. The van der Waals surface area contributed by atoms with Crippen molar-refractivity contribution in [3.8, 4) is 44.5 Å². The number of rotatable bonds is 2.